The summed E-state index contributed by atoms with van der Waals surface area (Å²) >= 11 is 1.28. The third-order valence-electron chi connectivity index (χ3n) is 5.83. The van der Waals surface area contributed by atoms with Gasteiger partial charge in [0.2, 0.25) is 5.91 Å². The molecule has 33 heavy (non-hydrogen) atoms. The Morgan fingerprint density at radius 3 is 2.82 bits per heavy atom. The Balaban J connectivity index is 1.58. The van der Waals surface area contributed by atoms with Crippen LogP contribution in [0.5, 0.6) is 11.5 Å². The molecule has 8 heteroatoms. The number of likely N-dealkylation sites (tertiary alicyclic amines) is 1. The smallest absolute Gasteiger partial charge is 0.262 e. The number of allylic oxidation sites excluding steroid dienone is 1. The zero-order chi connectivity index (χ0) is 23.4. The number of ether oxygens (including phenoxy) is 2. The summed E-state index contributed by atoms with van der Waals surface area (Å²) in [5.74, 6) is 1.66. The van der Waals surface area contributed by atoms with Gasteiger partial charge in [-0.1, -0.05) is 30.0 Å². The van der Waals surface area contributed by atoms with Crippen molar-refractivity contribution in [2.75, 3.05) is 26.5 Å². The normalized spacial score (nSPS) is 15.6. The molecule has 1 aliphatic heterocycles. The molecular formula is C25H27N3O4S. The molecule has 0 radical (unpaired) electrons. The Morgan fingerprint density at radius 2 is 2.06 bits per heavy atom. The van der Waals surface area contributed by atoms with Gasteiger partial charge in [-0.05, 0) is 43.2 Å². The van der Waals surface area contributed by atoms with Gasteiger partial charge in [-0.2, -0.15) is 0 Å². The van der Waals surface area contributed by atoms with E-state index in [9.17, 15) is 9.59 Å². The highest BCUT2D eigenvalue weighted by Gasteiger charge is 2.32. The molecule has 1 amide bonds. The highest BCUT2D eigenvalue weighted by atomic mass is 32.2. The van der Waals surface area contributed by atoms with Crippen LogP contribution in [0.25, 0.3) is 10.9 Å². The second kappa shape index (κ2) is 10.1. The van der Waals surface area contributed by atoms with Crippen molar-refractivity contribution < 1.29 is 14.3 Å². The molecule has 4 rings (SSSR count). The van der Waals surface area contributed by atoms with Crippen LogP contribution in [-0.2, 0) is 11.3 Å². The van der Waals surface area contributed by atoms with Crippen LogP contribution in [0.4, 0.5) is 0 Å². The Hall–Kier alpha value is -3.26. The molecule has 0 saturated carbocycles. The molecule has 3 aromatic rings. The first kappa shape index (κ1) is 22.9. The van der Waals surface area contributed by atoms with Crippen molar-refractivity contribution in [2.24, 2.45) is 0 Å². The van der Waals surface area contributed by atoms with Gasteiger partial charge in [-0.3, -0.25) is 14.2 Å². The van der Waals surface area contributed by atoms with E-state index in [4.69, 9.17) is 9.47 Å². The van der Waals surface area contributed by atoms with Crippen molar-refractivity contribution in [1.29, 1.82) is 0 Å². The number of hydrogen-bond acceptors (Lipinski definition) is 6. The summed E-state index contributed by atoms with van der Waals surface area (Å²) in [4.78, 5) is 32.8. The average molecular weight is 466 g/mol. The van der Waals surface area contributed by atoms with Crippen LogP contribution in [0.3, 0.4) is 0 Å². The molecule has 1 fully saturated rings. The summed E-state index contributed by atoms with van der Waals surface area (Å²) in [6.45, 7) is 4.77. The molecule has 2 heterocycles. The molecule has 1 aromatic heterocycles. The number of para-hydroxylation sites is 1. The predicted octanol–water partition coefficient (Wildman–Crippen LogP) is 4.06. The molecule has 7 nitrogen and oxygen atoms in total. The largest absolute Gasteiger partial charge is 0.497 e. The lowest BCUT2D eigenvalue weighted by Crippen LogP contribution is -2.32. The van der Waals surface area contributed by atoms with Crippen molar-refractivity contribution in [3.05, 3.63) is 71.0 Å². The number of amides is 1. The Kier molecular flexibility index (Phi) is 7.03. The molecular weight excluding hydrogens is 438 g/mol. The third kappa shape index (κ3) is 4.61. The van der Waals surface area contributed by atoms with Crippen molar-refractivity contribution >= 4 is 28.6 Å². The van der Waals surface area contributed by atoms with Crippen LogP contribution < -0.4 is 15.0 Å². The van der Waals surface area contributed by atoms with E-state index in [0.29, 0.717) is 29.1 Å². The van der Waals surface area contributed by atoms with Gasteiger partial charge in [0.25, 0.3) is 5.56 Å². The van der Waals surface area contributed by atoms with Gasteiger partial charge in [0.05, 0.1) is 36.9 Å². The summed E-state index contributed by atoms with van der Waals surface area (Å²) in [6.07, 6.45) is 3.43. The van der Waals surface area contributed by atoms with E-state index in [1.807, 2.05) is 41.3 Å². The lowest BCUT2D eigenvalue weighted by molar-refractivity contribution is -0.129. The second-order valence-corrected chi connectivity index (χ2v) is 8.70. The maximum atomic E-state index is 13.3. The molecule has 0 spiro atoms. The summed E-state index contributed by atoms with van der Waals surface area (Å²) in [7, 11) is 3.26. The first-order valence-corrected chi connectivity index (χ1v) is 11.8. The van der Waals surface area contributed by atoms with Gasteiger partial charge in [-0.15, -0.1) is 6.58 Å². The van der Waals surface area contributed by atoms with E-state index < -0.39 is 0 Å². The van der Waals surface area contributed by atoms with Crippen LogP contribution in [0, 0.1) is 0 Å². The van der Waals surface area contributed by atoms with Crippen LogP contribution >= 0.6 is 11.8 Å². The monoisotopic (exact) mass is 465 g/mol. The first-order chi connectivity index (χ1) is 16.1. The number of rotatable bonds is 8. The van der Waals surface area contributed by atoms with E-state index in [2.05, 4.69) is 11.6 Å². The van der Waals surface area contributed by atoms with Crippen molar-refractivity contribution in [3.8, 4) is 11.5 Å². The lowest BCUT2D eigenvalue weighted by Gasteiger charge is -2.26. The van der Waals surface area contributed by atoms with Gasteiger partial charge in [0.15, 0.2) is 5.16 Å². The van der Waals surface area contributed by atoms with Gasteiger partial charge < -0.3 is 14.4 Å². The minimum absolute atomic E-state index is 0.0000615. The summed E-state index contributed by atoms with van der Waals surface area (Å²) in [5.41, 5.74) is 1.44. The number of carbonyl (C=O) groups excluding carboxylic acids is 1. The number of fused-ring (bicyclic) bond motifs is 1. The fourth-order valence-corrected chi connectivity index (χ4v) is 5.14. The highest BCUT2D eigenvalue weighted by molar-refractivity contribution is 7.99. The molecule has 1 saturated heterocycles. The summed E-state index contributed by atoms with van der Waals surface area (Å²) < 4.78 is 12.5. The number of nitrogens with zero attached hydrogens (tertiary/aromatic N) is 3. The fourth-order valence-electron chi connectivity index (χ4n) is 4.25. The van der Waals surface area contributed by atoms with Crippen LogP contribution in [0.1, 0.15) is 24.4 Å². The van der Waals surface area contributed by atoms with Crippen LogP contribution in [0.15, 0.2) is 65.1 Å². The zero-order valence-corrected chi connectivity index (χ0v) is 19.6. The number of benzene rings is 2. The van der Waals surface area contributed by atoms with E-state index >= 15 is 0 Å². The summed E-state index contributed by atoms with van der Waals surface area (Å²) in [6, 6.07) is 12.8. The fraction of sp³-hybridized carbons (Fsp3) is 0.320. The van der Waals surface area contributed by atoms with Crippen LogP contribution in [-0.4, -0.2) is 46.9 Å². The van der Waals surface area contributed by atoms with Gasteiger partial charge in [-0.25, -0.2) is 4.98 Å². The van der Waals surface area contributed by atoms with Gasteiger partial charge >= 0.3 is 0 Å². The van der Waals surface area contributed by atoms with Crippen molar-refractivity contribution in [1.82, 2.24) is 14.5 Å². The number of thioether (sulfide) groups is 1. The number of hydrogen-bond donors (Lipinski definition) is 0. The molecule has 1 unspecified atom stereocenters. The zero-order valence-electron chi connectivity index (χ0n) is 18.8. The lowest BCUT2D eigenvalue weighted by atomic mass is 10.0. The minimum Gasteiger partial charge on any atom is -0.497 e. The standard InChI is InChI=1S/C25H27N3O4S/c1-4-13-28-24(30)18-8-5-6-9-20(18)26-25(28)33-16-23(29)27-14-7-10-21(27)19-15-17(31-2)11-12-22(19)32-3/h4-6,8-9,11-12,15,21H,1,7,10,13-14,16H2,2-3H3. The Bertz CT molecular complexity index is 1240. The number of methoxy groups -OCH3 is 2. The number of carbonyl (C=O) groups is 1. The molecule has 0 aliphatic carbocycles. The topological polar surface area (TPSA) is 73.7 Å². The Labute approximate surface area is 197 Å². The molecule has 0 N–H and O–H groups in total. The van der Waals surface area contributed by atoms with E-state index in [1.165, 1.54) is 11.8 Å². The SMILES string of the molecule is C=CCn1c(SCC(=O)N2CCCC2c2cc(OC)ccc2OC)nc2ccccc2c1=O. The van der Waals surface area contributed by atoms with E-state index in [1.54, 1.807) is 30.9 Å². The van der Waals surface area contributed by atoms with Crippen molar-refractivity contribution in [2.45, 2.75) is 30.6 Å². The average Bonchev–Trinajstić information content (AvgIpc) is 3.34. The predicted molar refractivity (Wildman–Crippen MR) is 130 cm³/mol. The highest BCUT2D eigenvalue weighted by Crippen LogP contribution is 2.39. The quantitative estimate of drug-likeness (QED) is 0.284. The van der Waals surface area contributed by atoms with E-state index in [-0.39, 0.29) is 23.3 Å². The maximum absolute atomic E-state index is 13.3. The molecule has 0 bridgehead atoms. The third-order valence-corrected chi connectivity index (χ3v) is 6.79. The van der Waals surface area contributed by atoms with E-state index in [0.717, 1.165) is 29.9 Å². The molecule has 172 valence electrons. The second-order valence-electron chi connectivity index (χ2n) is 7.76. The molecule has 2 aromatic carbocycles. The minimum atomic E-state index is -0.129. The van der Waals surface area contributed by atoms with Crippen LogP contribution in [0.2, 0.25) is 0 Å². The first-order valence-electron chi connectivity index (χ1n) is 10.8. The number of aromatic nitrogens is 2. The molecule has 1 aliphatic rings. The van der Waals surface area contributed by atoms with Gasteiger partial charge in [0, 0.05) is 18.7 Å². The Morgan fingerprint density at radius 1 is 1.24 bits per heavy atom. The maximum Gasteiger partial charge on any atom is 0.262 e. The summed E-state index contributed by atoms with van der Waals surface area (Å²) in [5, 5.41) is 1.07. The van der Waals surface area contributed by atoms with Gasteiger partial charge in [0.1, 0.15) is 11.5 Å². The molecule has 1 atom stereocenters. The van der Waals surface area contributed by atoms with Crippen molar-refractivity contribution in [3.63, 3.8) is 0 Å².